The highest BCUT2D eigenvalue weighted by molar-refractivity contribution is 6.35. The van der Waals surface area contributed by atoms with Gasteiger partial charge in [-0.2, -0.15) is 0 Å². The highest BCUT2D eigenvalue weighted by Gasteiger charge is 2.28. The molecule has 1 aromatic carbocycles. The highest BCUT2D eigenvalue weighted by Crippen LogP contribution is 2.24. The van der Waals surface area contributed by atoms with Crippen molar-refractivity contribution < 1.29 is 9.53 Å². The van der Waals surface area contributed by atoms with Gasteiger partial charge in [0.25, 0.3) is 5.91 Å². The van der Waals surface area contributed by atoms with Crippen molar-refractivity contribution in [2.75, 3.05) is 19.7 Å². The van der Waals surface area contributed by atoms with E-state index in [0.717, 1.165) is 12.1 Å². The third kappa shape index (κ3) is 5.60. The number of ether oxygens (including phenoxy) is 1. The van der Waals surface area contributed by atoms with Crippen molar-refractivity contribution in [3.8, 4) is 0 Å². The fourth-order valence-corrected chi connectivity index (χ4v) is 2.81. The molecular formula is C15H21Cl3N2O2. The third-order valence-corrected chi connectivity index (χ3v) is 3.92. The summed E-state index contributed by atoms with van der Waals surface area (Å²) in [5.74, 6) is -0.0997. The first kappa shape index (κ1) is 19.5. The number of halogens is 3. The summed E-state index contributed by atoms with van der Waals surface area (Å²) in [6.45, 7) is 5.82. The number of benzene rings is 1. The molecule has 0 saturated carbocycles. The predicted octanol–water partition coefficient (Wildman–Crippen LogP) is 2.84. The van der Waals surface area contributed by atoms with Gasteiger partial charge < -0.3 is 15.4 Å². The van der Waals surface area contributed by atoms with Crippen LogP contribution < -0.4 is 10.6 Å². The molecule has 22 heavy (non-hydrogen) atoms. The lowest BCUT2D eigenvalue weighted by molar-refractivity contribution is -0.135. The molecule has 0 aromatic heterocycles. The summed E-state index contributed by atoms with van der Waals surface area (Å²) in [5.41, 5.74) is 0.532. The molecule has 1 atom stereocenters. The molecule has 1 heterocycles. The van der Waals surface area contributed by atoms with Crippen molar-refractivity contribution in [1.82, 2.24) is 10.6 Å². The lowest BCUT2D eigenvalue weighted by Gasteiger charge is -2.30. The van der Waals surface area contributed by atoms with E-state index in [4.69, 9.17) is 27.9 Å². The normalized spacial score (nSPS) is 18.5. The molecule has 0 aliphatic carbocycles. The summed E-state index contributed by atoms with van der Waals surface area (Å²) < 4.78 is 5.46. The van der Waals surface area contributed by atoms with Crippen molar-refractivity contribution >= 4 is 41.5 Å². The van der Waals surface area contributed by atoms with Gasteiger partial charge in [0.2, 0.25) is 0 Å². The zero-order valence-electron chi connectivity index (χ0n) is 12.6. The Hall–Kier alpha value is -0.520. The Labute approximate surface area is 147 Å². The van der Waals surface area contributed by atoms with Gasteiger partial charge in [0, 0.05) is 28.7 Å². The summed E-state index contributed by atoms with van der Waals surface area (Å²) in [7, 11) is 0. The first-order valence-electron chi connectivity index (χ1n) is 6.96. The number of rotatable bonds is 4. The van der Waals surface area contributed by atoms with Crippen LogP contribution in [0.4, 0.5) is 0 Å². The van der Waals surface area contributed by atoms with Gasteiger partial charge in [0.05, 0.1) is 6.61 Å². The van der Waals surface area contributed by atoms with Gasteiger partial charge in [0.15, 0.2) is 0 Å². The van der Waals surface area contributed by atoms with E-state index in [1.54, 1.807) is 12.1 Å². The van der Waals surface area contributed by atoms with Crippen molar-refractivity contribution in [2.45, 2.75) is 31.9 Å². The molecule has 7 heteroatoms. The zero-order chi connectivity index (χ0) is 15.5. The molecule has 0 spiro atoms. The van der Waals surface area contributed by atoms with Gasteiger partial charge in [-0.25, -0.2) is 0 Å². The standard InChI is InChI=1S/C15H20Cl2N2O2.ClH/c1-15(2,8-10-3-4-11(16)7-12(10)17)19-14(20)13-9-18-5-6-21-13;/h3-4,7,13,18H,5-6,8-9H2,1-2H3,(H,19,20);1H. The molecule has 1 amide bonds. The predicted molar refractivity (Wildman–Crippen MR) is 92.2 cm³/mol. The third-order valence-electron chi connectivity index (χ3n) is 3.33. The Balaban J connectivity index is 0.00000242. The molecule has 1 saturated heterocycles. The van der Waals surface area contributed by atoms with Crippen molar-refractivity contribution in [2.24, 2.45) is 0 Å². The van der Waals surface area contributed by atoms with Crippen LogP contribution in [0.15, 0.2) is 18.2 Å². The van der Waals surface area contributed by atoms with E-state index in [0.29, 0.717) is 29.6 Å². The first-order chi connectivity index (χ1) is 9.87. The average molecular weight is 368 g/mol. The van der Waals surface area contributed by atoms with E-state index < -0.39 is 11.6 Å². The topological polar surface area (TPSA) is 50.4 Å². The Morgan fingerprint density at radius 2 is 2.18 bits per heavy atom. The fraction of sp³-hybridized carbons (Fsp3) is 0.533. The second kappa shape index (κ2) is 8.37. The van der Waals surface area contributed by atoms with E-state index in [2.05, 4.69) is 10.6 Å². The summed E-state index contributed by atoms with van der Waals surface area (Å²) in [6, 6.07) is 5.40. The molecule has 1 aliphatic heterocycles. The van der Waals surface area contributed by atoms with Crippen LogP contribution in [0.3, 0.4) is 0 Å². The number of carbonyl (C=O) groups is 1. The van der Waals surface area contributed by atoms with E-state index in [1.165, 1.54) is 0 Å². The van der Waals surface area contributed by atoms with E-state index in [9.17, 15) is 4.79 Å². The van der Waals surface area contributed by atoms with Crippen LogP contribution in [-0.4, -0.2) is 37.2 Å². The minimum absolute atomic E-state index is 0. The van der Waals surface area contributed by atoms with Gasteiger partial charge in [-0.1, -0.05) is 29.3 Å². The van der Waals surface area contributed by atoms with Crippen LogP contribution in [0.1, 0.15) is 19.4 Å². The largest absolute Gasteiger partial charge is 0.366 e. The van der Waals surface area contributed by atoms with Gasteiger partial charge in [-0.15, -0.1) is 12.4 Å². The Morgan fingerprint density at radius 3 is 2.77 bits per heavy atom. The van der Waals surface area contributed by atoms with Gasteiger partial charge in [-0.3, -0.25) is 4.79 Å². The molecule has 1 aliphatic rings. The van der Waals surface area contributed by atoms with Crippen molar-refractivity contribution in [3.05, 3.63) is 33.8 Å². The maximum atomic E-state index is 12.2. The molecule has 1 aromatic rings. The monoisotopic (exact) mass is 366 g/mol. The summed E-state index contributed by atoms with van der Waals surface area (Å²) in [4.78, 5) is 12.2. The number of hydrogen-bond donors (Lipinski definition) is 2. The lowest BCUT2D eigenvalue weighted by Crippen LogP contribution is -2.54. The summed E-state index contributed by atoms with van der Waals surface area (Å²) in [6.07, 6.45) is 0.188. The van der Waals surface area contributed by atoms with Crippen LogP contribution in [0.5, 0.6) is 0 Å². The Bertz CT molecular complexity index is 518. The van der Waals surface area contributed by atoms with Crippen LogP contribution in [0.2, 0.25) is 10.0 Å². The van der Waals surface area contributed by atoms with Crippen LogP contribution in [-0.2, 0) is 16.0 Å². The average Bonchev–Trinajstić information content (AvgIpc) is 2.42. The quantitative estimate of drug-likeness (QED) is 0.860. The molecule has 1 unspecified atom stereocenters. The Morgan fingerprint density at radius 1 is 1.45 bits per heavy atom. The Kier molecular flexibility index (Phi) is 7.42. The van der Waals surface area contributed by atoms with Gasteiger partial charge >= 0.3 is 0 Å². The highest BCUT2D eigenvalue weighted by atomic mass is 35.5. The molecule has 1 fully saturated rings. The summed E-state index contributed by atoms with van der Waals surface area (Å²) in [5, 5.41) is 7.38. The number of amides is 1. The zero-order valence-corrected chi connectivity index (χ0v) is 14.9. The molecule has 0 radical (unpaired) electrons. The van der Waals surface area contributed by atoms with Crippen molar-refractivity contribution in [1.29, 1.82) is 0 Å². The van der Waals surface area contributed by atoms with Gasteiger partial charge in [0.1, 0.15) is 6.10 Å². The number of carbonyl (C=O) groups excluding carboxylic acids is 1. The molecule has 4 nitrogen and oxygen atoms in total. The second-order valence-corrected chi connectivity index (χ2v) is 6.69. The van der Waals surface area contributed by atoms with Gasteiger partial charge in [-0.05, 0) is 38.0 Å². The molecule has 2 N–H and O–H groups in total. The minimum Gasteiger partial charge on any atom is -0.366 e. The number of morpholine rings is 1. The minimum atomic E-state index is -0.432. The maximum Gasteiger partial charge on any atom is 0.250 e. The number of hydrogen-bond acceptors (Lipinski definition) is 3. The lowest BCUT2D eigenvalue weighted by atomic mass is 9.94. The molecule has 2 rings (SSSR count). The smallest absolute Gasteiger partial charge is 0.250 e. The molecular weight excluding hydrogens is 347 g/mol. The number of nitrogens with one attached hydrogen (secondary N) is 2. The molecule has 0 bridgehead atoms. The summed E-state index contributed by atoms with van der Waals surface area (Å²) >= 11 is 12.1. The van der Waals surface area contributed by atoms with E-state index >= 15 is 0 Å². The molecule has 124 valence electrons. The van der Waals surface area contributed by atoms with E-state index in [1.807, 2.05) is 19.9 Å². The maximum absolute atomic E-state index is 12.2. The van der Waals surface area contributed by atoms with Crippen LogP contribution in [0.25, 0.3) is 0 Å². The van der Waals surface area contributed by atoms with Crippen molar-refractivity contribution in [3.63, 3.8) is 0 Å². The van der Waals surface area contributed by atoms with E-state index in [-0.39, 0.29) is 18.3 Å². The van der Waals surface area contributed by atoms with Crippen LogP contribution in [0, 0.1) is 0 Å². The first-order valence-corrected chi connectivity index (χ1v) is 7.71. The van der Waals surface area contributed by atoms with Crippen LogP contribution >= 0.6 is 35.6 Å². The fourth-order valence-electron chi connectivity index (χ4n) is 2.33. The second-order valence-electron chi connectivity index (χ2n) is 5.85. The SMILES string of the molecule is CC(C)(Cc1ccc(Cl)cc1Cl)NC(=O)C1CNCCO1.Cl.